The minimum atomic E-state index is -3.20. The van der Waals surface area contributed by atoms with E-state index in [-0.39, 0.29) is 11.6 Å². The third-order valence-electron chi connectivity index (χ3n) is 5.69. The van der Waals surface area contributed by atoms with E-state index >= 15 is 0 Å². The normalized spacial score (nSPS) is 25.3. The van der Waals surface area contributed by atoms with Crippen LogP contribution in [0.4, 0.5) is 0 Å². The van der Waals surface area contributed by atoms with Gasteiger partial charge in [-0.1, -0.05) is 6.07 Å². The molecule has 0 aliphatic carbocycles. The van der Waals surface area contributed by atoms with E-state index in [0.717, 1.165) is 44.4 Å². The van der Waals surface area contributed by atoms with E-state index in [1.165, 1.54) is 11.1 Å². The molecule has 0 amide bonds. The number of hydrogen-bond donors (Lipinski definition) is 2. The van der Waals surface area contributed by atoms with Crippen molar-refractivity contribution < 1.29 is 13.2 Å². The number of rotatable bonds is 7. The lowest BCUT2D eigenvalue weighted by Crippen LogP contribution is -2.56. The van der Waals surface area contributed by atoms with Crippen LogP contribution in [0, 0.1) is 11.3 Å². The number of sulfonamides is 1. The van der Waals surface area contributed by atoms with Gasteiger partial charge in [0.05, 0.1) is 25.9 Å². The first kappa shape index (κ1) is 20.1. The third-order valence-corrected chi connectivity index (χ3v) is 6.42. The van der Waals surface area contributed by atoms with E-state index < -0.39 is 10.0 Å². The molecule has 2 heterocycles. The van der Waals surface area contributed by atoms with Gasteiger partial charge in [-0.15, -0.1) is 0 Å². The van der Waals surface area contributed by atoms with Crippen LogP contribution in [0.2, 0.25) is 0 Å². The Hall–Kier alpha value is -1.66. The summed E-state index contributed by atoms with van der Waals surface area (Å²) < 4.78 is 30.4. The summed E-state index contributed by atoms with van der Waals surface area (Å²) in [4.78, 5) is 2.50. The molecule has 2 atom stereocenters. The van der Waals surface area contributed by atoms with E-state index in [9.17, 15) is 13.7 Å². The molecule has 27 heavy (non-hydrogen) atoms. The van der Waals surface area contributed by atoms with E-state index in [1.807, 2.05) is 6.07 Å². The zero-order valence-corrected chi connectivity index (χ0v) is 16.8. The number of nitrogens with zero attached hydrogens (tertiary/aromatic N) is 2. The Labute approximate surface area is 161 Å². The smallest absolute Gasteiger partial charge is 0.208 e. The fourth-order valence-electron chi connectivity index (χ4n) is 4.30. The molecule has 8 heteroatoms. The van der Waals surface area contributed by atoms with E-state index in [0.29, 0.717) is 19.5 Å². The number of piperidine rings is 1. The number of methoxy groups -OCH3 is 1. The van der Waals surface area contributed by atoms with Crippen molar-refractivity contribution in [2.45, 2.75) is 37.3 Å². The Morgan fingerprint density at radius 1 is 1.37 bits per heavy atom. The number of hydrogen-bond acceptors (Lipinski definition) is 6. The average Bonchev–Trinajstić information content (AvgIpc) is 2.64. The second-order valence-electron chi connectivity index (χ2n) is 7.53. The average molecular weight is 393 g/mol. The van der Waals surface area contributed by atoms with E-state index in [1.54, 1.807) is 7.11 Å². The molecule has 3 rings (SSSR count). The molecule has 0 unspecified atom stereocenters. The Bertz CT molecular complexity index is 821. The second-order valence-corrected chi connectivity index (χ2v) is 9.36. The summed E-state index contributed by atoms with van der Waals surface area (Å²) >= 11 is 0. The summed E-state index contributed by atoms with van der Waals surface area (Å²) in [5.74, 6) is 0.881. The van der Waals surface area contributed by atoms with Gasteiger partial charge < -0.3 is 10.1 Å². The highest BCUT2D eigenvalue weighted by Gasteiger charge is 2.42. The van der Waals surface area contributed by atoms with Crippen molar-refractivity contribution in [1.29, 1.82) is 5.26 Å². The van der Waals surface area contributed by atoms with Crippen molar-refractivity contribution in [3.63, 3.8) is 0 Å². The molecule has 7 nitrogen and oxygen atoms in total. The molecule has 2 aliphatic rings. The number of benzene rings is 1. The first-order valence-electron chi connectivity index (χ1n) is 9.33. The fourth-order valence-corrected chi connectivity index (χ4v) is 4.78. The number of nitriles is 1. The highest BCUT2D eigenvalue weighted by atomic mass is 32.2. The predicted molar refractivity (Wildman–Crippen MR) is 104 cm³/mol. The van der Waals surface area contributed by atoms with Crippen LogP contribution in [0.3, 0.4) is 0 Å². The van der Waals surface area contributed by atoms with E-state index in [2.05, 4.69) is 33.1 Å². The minimum Gasteiger partial charge on any atom is -0.497 e. The Kier molecular flexibility index (Phi) is 6.06. The van der Waals surface area contributed by atoms with E-state index in [4.69, 9.17) is 4.74 Å². The molecule has 0 aromatic heterocycles. The van der Waals surface area contributed by atoms with Crippen LogP contribution in [-0.2, 0) is 16.4 Å². The first-order chi connectivity index (χ1) is 12.9. The molecule has 2 aliphatic heterocycles. The van der Waals surface area contributed by atoms with Crippen LogP contribution < -0.4 is 14.8 Å². The van der Waals surface area contributed by atoms with Gasteiger partial charge >= 0.3 is 0 Å². The quantitative estimate of drug-likeness (QED) is 0.677. The number of fused-ring (bicyclic) bond motifs is 3. The van der Waals surface area contributed by atoms with Gasteiger partial charge in [-0.2, -0.15) is 5.26 Å². The lowest BCUT2D eigenvalue weighted by Gasteiger charge is -2.49. The largest absolute Gasteiger partial charge is 0.497 e. The van der Waals surface area contributed by atoms with Crippen LogP contribution in [0.1, 0.15) is 36.4 Å². The standard InChI is InChI=1S/C19H28N4O3S/c1-26-16-3-4-17-15(13-16)5-11-23-12-7-19(6-8-20,14-18(17)23)21-9-10-22-27(2,24)25/h3-4,13,18,21-22H,5-7,9-12,14H2,1-2H3/t18-,19+/m0/s1. The minimum absolute atomic E-state index is 0.275. The fraction of sp³-hybridized carbons (Fsp3) is 0.632. The van der Waals surface area contributed by atoms with Gasteiger partial charge in [-0.25, -0.2) is 13.1 Å². The molecule has 0 bridgehead atoms. The van der Waals surface area contributed by atoms with Gasteiger partial charge in [0.25, 0.3) is 0 Å². The van der Waals surface area contributed by atoms with Crippen molar-refractivity contribution in [3.8, 4) is 11.8 Å². The van der Waals surface area contributed by atoms with Crippen molar-refractivity contribution in [2.24, 2.45) is 0 Å². The SMILES string of the molecule is COc1ccc2c(c1)CCN1CC[C@@](CC#N)(NCCNS(C)(=O)=O)C[C@@H]21. The predicted octanol–water partition coefficient (Wildman–Crippen LogP) is 1.18. The maximum absolute atomic E-state index is 11.3. The lowest BCUT2D eigenvalue weighted by molar-refractivity contribution is 0.0703. The van der Waals surface area contributed by atoms with Crippen LogP contribution in [0.15, 0.2) is 18.2 Å². The lowest BCUT2D eigenvalue weighted by atomic mass is 9.76. The van der Waals surface area contributed by atoms with Gasteiger partial charge in [-0.3, -0.25) is 4.90 Å². The highest BCUT2D eigenvalue weighted by Crippen LogP contribution is 2.42. The summed E-state index contributed by atoms with van der Waals surface area (Å²) in [6, 6.07) is 8.89. The maximum Gasteiger partial charge on any atom is 0.208 e. The molecule has 148 valence electrons. The zero-order valence-electron chi connectivity index (χ0n) is 16.0. The second kappa shape index (κ2) is 8.15. The van der Waals surface area contributed by atoms with Crippen molar-refractivity contribution in [2.75, 3.05) is 39.5 Å². The Balaban J connectivity index is 1.75. The molecule has 0 radical (unpaired) electrons. The van der Waals surface area contributed by atoms with Crippen LogP contribution in [-0.4, -0.2) is 58.4 Å². The monoisotopic (exact) mass is 392 g/mol. The van der Waals surface area contributed by atoms with Crippen LogP contribution in [0.25, 0.3) is 0 Å². The Morgan fingerprint density at radius 2 is 2.19 bits per heavy atom. The van der Waals surface area contributed by atoms with Crippen LogP contribution >= 0.6 is 0 Å². The highest BCUT2D eigenvalue weighted by molar-refractivity contribution is 7.88. The van der Waals surface area contributed by atoms with Gasteiger partial charge in [0, 0.05) is 37.8 Å². The zero-order chi connectivity index (χ0) is 19.5. The molecule has 1 saturated heterocycles. The van der Waals surface area contributed by atoms with Gasteiger partial charge in [0.1, 0.15) is 5.75 Å². The molecular formula is C19H28N4O3S. The molecule has 1 aromatic carbocycles. The summed E-state index contributed by atoms with van der Waals surface area (Å²) in [7, 11) is -1.52. The molecule has 1 aromatic rings. The summed E-state index contributed by atoms with van der Waals surface area (Å²) in [5, 5.41) is 12.9. The number of nitrogens with one attached hydrogen (secondary N) is 2. The molecule has 0 spiro atoms. The summed E-state index contributed by atoms with van der Waals surface area (Å²) in [6.07, 6.45) is 4.33. The number of ether oxygens (including phenoxy) is 1. The summed E-state index contributed by atoms with van der Waals surface area (Å²) in [5.41, 5.74) is 2.35. The Morgan fingerprint density at radius 3 is 2.89 bits per heavy atom. The molecule has 0 saturated carbocycles. The molecule has 1 fully saturated rings. The molecular weight excluding hydrogens is 364 g/mol. The van der Waals surface area contributed by atoms with Gasteiger partial charge in [0.2, 0.25) is 10.0 Å². The van der Waals surface area contributed by atoms with Gasteiger partial charge in [-0.05, 0) is 42.5 Å². The van der Waals surface area contributed by atoms with Crippen LogP contribution in [0.5, 0.6) is 5.75 Å². The topological polar surface area (TPSA) is 94.5 Å². The molecule has 2 N–H and O–H groups in total. The third kappa shape index (κ3) is 4.79. The van der Waals surface area contributed by atoms with Crippen molar-refractivity contribution in [1.82, 2.24) is 14.9 Å². The van der Waals surface area contributed by atoms with Gasteiger partial charge in [0.15, 0.2) is 0 Å². The first-order valence-corrected chi connectivity index (χ1v) is 11.2. The maximum atomic E-state index is 11.3. The van der Waals surface area contributed by atoms with Crippen molar-refractivity contribution in [3.05, 3.63) is 29.3 Å². The van der Waals surface area contributed by atoms with Crippen molar-refractivity contribution >= 4 is 10.0 Å². The summed E-state index contributed by atoms with van der Waals surface area (Å²) in [6.45, 7) is 2.79.